The summed E-state index contributed by atoms with van der Waals surface area (Å²) in [5.41, 5.74) is 1.41. The molecule has 1 fully saturated rings. The smallest absolute Gasteiger partial charge is 0.300 e. The third kappa shape index (κ3) is 4.26. The molecule has 1 N–H and O–H groups in total. The number of hydrogen-bond donors (Lipinski definition) is 1. The Morgan fingerprint density at radius 1 is 1.09 bits per heavy atom. The first-order valence-electron chi connectivity index (χ1n) is 10.7. The molecule has 0 radical (unpaired) electrons. The lowest BCUT2D eigenvalue weighted by molar-refractivity contribution is -0.132. The minimum Gasteiger partial charge on any atom is -0.507 e. The number of ketones is 1. The number of aliphatic hydroxyl groups is 1. The molecule has 3 aromatic carbocycles. The Kier molecular flexibility index (Phi) is 6.42. The van der Waals surface area contributed by atoms with Gasteiger partial charge in [-0.3, -0.25) is 14.5 Å². The second-order valence-electron chi connectivity index (χ2n) is 7.76. The fourth-order valence-electron chi connectivity index (χ4n) is 3.86. The van der Waals surface area contributed by atoms with Crippen LogP contribution in [0.15, 0.2) is 78.4 Å². The van der Waals surface area contributed by atoms with Crippen molar-refractivity contribution in [1.29, 1.82) is 5.26 Å². The van der Waals surface area contributed by atoms with Gasteiger partial charge in [0.15, 0.2) is 0 Å². The van der Waals surface area contributed by atoms with Gasteiger partial charge >= 0.3 is 0 Å². The van der Waals surface area contributed by atoms with Crippen molar-refractivity contribution >= 4 is 23.1 Å². The number of rotatable bonds is 6. The summed E-state index contributed by atoms with van der Waals surface area (Å²) >= 11 is 0. The summed E-state index contributed by atoms with van der Waals surface area (Å²) < 4.78 is 19.3. The maximum Gasteiger partial charge on any atom is 0.300 e. The Bertz CT molecular complexity index is 1310. The van der Waals surface area contributed by atoms with Gasteiger partial charge in [0.05, 0.1) is 29.9 Å². The molecule has 3 aromatic rings. The standard InChI is InChI=1S/C27H21FN2O4/c1-2-14-34-22-5-3-4-19(15-22)25(31)23-24(18-8-10-20(28)11-9-18)30(27(33)26(23)32)21-12-6-17(16-29)7-13-21/h3-13,15,24,31H,2,14H2,1H3/b25-23-. The maximum atomic E-state index is 13.6. The average molecular weight is 456 g/mol. The van der Waals surface area contributed by atoms with E-state index in [1.165, 1.54) is 41.3 Å². The van der Waals surface area contributed by atoms with Crippen LogP contribution in [0.4, 0.5) is 10.1 Å². The number of nitriles is 1. The monoisotopic (exact) mass is 456 g/mol. The summed E-state index contributed by atoms with van der Waals surface area (Å²) in [4.78, 5) is 27.6. The number of benzene rings is 3. The number of hydrogen-bond acceptors (Lipinski definition) is 5. The molecule has 7 heteroatoms. The Morgan fingerprint density at radius 3 is 2.44 bits per heavy atom. The van der Waals surface area contributed by atoms with Gasteiger partial charge in [0, 0.05) is 11.3 Å². The maximum absolute atomic E-state index is 13.6. The number of halogens is 1. The third-order valence-corrected chi connectivity index (χ3v) is 5.49. The van der Waals surface area contributed by atoms with E-state index in [-0.39, 0.29) is 11.3 Å². The first-order valence-corrected chi connectivity index (χ1v) is 10.7. The van der Waals surface area contributed by atoms with Gasteiger partial charge in [0.25, 0.3) is 11.7 Å². The number of anilines is 1. The fourth-order valence-corrected chi connectivity index (χ4v) is 3.86. The van der Waals surface area contributed by atoms with Crippen molar-refractivity contribution in [1.82, 2.24) is 0 Å². The second kappa shape index (κ2) is 9.59. The van der Waals surface area contributed by atoms with Crippen LogP contribution >= 0.6 is 0 Å². The van der Waals surface area contributed by atoms with Crippen molar-refractivity contribution in [2.75, 3.05) is 11.5 Å². The van der Waals surface area contributed by atoms with Crippen LogP contribution < -0.4 is 9.64 Å². The minimum absolute atomic E-state index is 0.117. The lowest BCUT2D eigenvalue weighted by atomic mass is 9.95. The molecule has 1 aliphatic heterocycles. The average Bonchev–Trinajstić information content (AvgIpc) is 3.13. The highest BCUT2D eigenvalue weighted by atomic mass is 19.1. The summed E-state index contributed by atoms with van der Waals surface area (Å²) in [7, 11) is 0. The minimum atomic E-state index is -0.992. The van der Waals surface area contributed by atoms with E-state index in [9.17, 15) is 19.1 Å². The number of amides is 1. The van der Waals surface area contributed by atoms with Crippen LogP contribution in [0.25, 0.3) is 5.76 Å². The molecule has 1 aliphatic rings. The van der Waals surface area contributed by atoms with Gasteiger partial charge in [-0.25, -0.2) is 4.39 Å². The van der Waals surface area contributed by atoms with E-state index in [0.29, 0.717) is 34.7 Å². The van der Waals surface area contributed by atoms with Crippen LogP contribution in [0.3, 0.4) is 0 Å². The number of aliphatic hydroxyl groups excluding tert-OH is 1. The summed E-state index contributed by atoms with van der Waals surface area (Å²) in [5, 5.41) is 20.3. The van der Waals surface area contributed by atoms with Crippen LogP contribution in [-0.4, -0.2) is 23.4 Å². The lowest BCUT2D eigenvalue weighted by Crippen LogP contribution is -2.29. The van der Waals surface area contributed by atoms with E-state index in [0.717, 1.165) is 6.42 Å². The Hall–Kier alpha value is -4.44. The molecule has 0 saturated carbocycles. The van der Waals surface area contributed by atoms with E-state index < -0.39 is 23.5 Å². The van der Waals surface area contributed by atoms with Crippen molar-refractivity contribution in [3.8, 4) is 11.8 Å². The molecular weight excluding hydrogens is 435 g/mol. The van der Waals surface area contributed by atoms with E-state index >= 15 is 0 Å². The highest BCUT2D eigenvalue weighted by Gasteiger charge is 2.47. The van der Waals surface area contributed by atoms with Gasteiger partial charge in [-0.2, -0.15) is 5.26 Å². The normalized spacial score (nSPS) is 17.0. The van der Waals surface area contributed by atoms with Gasteiger partial charge in [0.1, 0.15) is 17.3 Å². The first-order chi connectivity index (χ1) is 16.4. The highest BCUT2D eigenvalue weighted by molar-refractivity contribution is 6.51. The number of Topliss-reactive ketones (excluding diaryl/α,β-unsaturated/α-hetero) is 1. The van der Waals surface area contributed by atoms with Gasteiger partial charge in [-0.1, -0.05) is 31.2 Å². The molecule has 0 bridgehead atoms. The molecule has 1 unspecified atom stereocenters. The van der Waals surface area contributed by atoms with Gasteiger partial charge in [0.2, 0.25) is 0 Å². The van der Waals surface area contributed by atoms with E-state index in [1.54, 1.807) is 36.4 Å². The number of ether oxygens (including phenoxy) is 1. The molecule has 1 atom stereocenters. The topological polar surface area (TPSA) is 90.6 Å². The second-order valence-corrected chi connectivity index (χ2v) is 7.76. The molecule has 34 heavy (non-hydrogen) atoms. The zero-order valence-electron chi connectivity index (χ0n) is 18.4. The molecule has 4 rings (SSSR count). The van der Waals surface area contributed by atoms with Crippen LogP contribution in [-0.2, 0) is 9.59 Å². The molecule has 0 spiro atoms. The van der Waals surface area contributed by atoms with Crippen molar-refractivity contribution in [2.24, 2.45) is 0 Å². The van der Waals surface area contributed by atoms with Crippen molar-refractivity contribution in [3.05, 3.63) is 101 Å². The predicted octanol–water partition coefficient (Wildman–Crippen LogP) is 5.11. The van der Waals surface area contributed by atoms with Crippen molar-refractivity contribution < 1.29 is 23.8 Å². The molecule has 1 saturated heterocycles. The van der Waals surface area contributed by atoms with E-state index in [2.05, 4.69) is 0 Å². The Morgan fingerprint density at radius 2 is 1.79 bits per heavy atom. The number of nitrogens with zero attached hydrogens (tertiary/aromatic N) is 2. The number of carbonyl (C=O) groups is 2. The van der Waals surface area contributed by atoms with E-state index in [4.69, 9.17) is 10.00 Å². The van der Waals surface area contributed by atoms with Gasteiger partial charge in [-0.15, -0.1) is 0 Å². The zero-order chi connectivity index (χ0) is 24.2. The van der Waals surface area contributed by atoms with Crippen LogP contribution in [0.5, 0.6) is 5.75 Å². The van der Waals surface area contributed by atoms with Crippen LogP contribution in [0, 0.1) is 17.1 Å². The molecule has 1 amide bonds. The molecule has 1 heterocycles. The Labute approximate surface area is 196 Å². The third-order valence-electron chi connectivity index (χ3n) is 5.49. The molecule has 0 aromatic heterocycles. The fraction of sp³-hybridized carbons (Fsp3) is 0.148. The lowest BCUT2D eigenvalue weighted by Gasteiger charge is -2.25. The Balaban J connectivity index is 1.88. The first kappa shape index (κ1) is 22.7. The summed E-state index contributed by atoms with van der Waals surface area (Å²) in [6.07, 6.45) is 0.802. The SMILES string of the molecule is CCCOc1cccc(/C(O)=C2/C(=O)C(=O)N(c3ccc(C#N)cc3)C2c2ccc(F)cc2)c1. The van der Waals surface area contributed by atoms with Gasteiger partial charge < -0.3 is 9.84 Å². The predicted molar refractivity (Wildman–Crippen MR) is 125 cm³/mol. The van der Waals surface area contributed by atoms with E-state index in [1.807, 2.05) is 13.0 Å². The highest BCUT2D eigenvalue weighted by Crippen LogP contribution is 2.42. The molecule has 0 aliphatic carbocycles. The molecule has 6 nitrogen and oxygen atoms in total. The van der Waals surface area contributed by atoms with Crippen molar-refractivity contribution in [2.45, 2.75) is 19.4 Å². The van der Waals surface area contributed by atoms with Crippen molar-refractivity contribution in [3.63, 3.8) is 0 Å². The summed E-state index contributed by atoms with van der Waals surface area (Å²) in [6.45, 7) is 2.46. The zero-order valence-corrected chi connectivity index (χ0v) is 18.4. The largest absolute Gasteiger partial charge is 0.507 e. The summed E-state index contributed by atoms with van der Waals surface area (Å²) in [6, 6.07) is 19.2. The quantitative estimate of drug-likeness (QED) is 0.316. The summed E-state index contributed by atoms with van der Waals surface area (Å²) in [5.74, 6) is -2.01. The molecular formula is C27H21FN2O4. The van der Waals surface area contributed by atoms with Crippen LogP contribution in [0.1, 0.15) is 36.1 Å². The van der Waals surface area contributed by atoms with Crippen LogP contribution in [0.2, 0.25) is 0 Å². The molecule has 170 valence electrons. The number of carbonyl (C=O) groups excluding carboxylic acids is 2. The van der Waals surface area contributed by atoms with Gasteiger partial charge in [-0.05, 0) is 60.5 Å².